The predicted molar refractivity (Wildman–Crippen MR) is 65.2 cm³/mol. The van der Waals surface area contributed by atoms with E-state index in [1.807, 2.05) is 30.3 Å². The van der Waals surface area contributed by atoms with Crippen molar-refractivity contribution >= 4 is 5.78 Å². The molecule has 1 unspecified atom stereocenters. The number of carbonyl (C=O) groups is 1. The molecule has 0 saturated carbocycles. The van der Waals surface area contributed by atoms with Crippen molar-refractivity contribution in [2.24, 2.45) is 0 Å². The Hall–Kier alpha value is -1.67. The Balaban J connectivity index is 2.91. The van der Waals surface area contributed by atoms with E-state index in [1.165, 1.54) is 6.92 Å². The van der Waals surface area contributed by atoms with E-state index < -0.39 is 0 Å². The highest BCUT2D eigenvalue weighted by atomic mass is 16.5. The second-order valence-electron chi connectivity index (χ2n) is 3.49. The maximum absolute atomic E-state index is 11.3. The standard InChI is InChI=1S/C14H16O2/c1-4-10-16-14(11(2)12(3)15)13-8-6-5-7-9-13/h4-9,14H,1-2,10H2,3H3. The Morgan fingerprint density at radius 1 is 1.44 bits per heavy atom. The van der Waals surface area contributed by atoms with Gasteiger partial charge in [0.05, 0.1) is 6.61 Å². The monoisotopic (exact) mass is 216 g/mol. The molecular weight excluding hydrogens is 200 g/mol. The van der Waals surface area contributed by atoms with Crippen LogP contribution in [-0.4, -0.2) is 12.4 Å². The number of benzene rings is 1. The Morgan fingerprint density at radius 3 is 2.56 bits per heavy atom. The highest BCUT2D eigenvalue weighted by molar-refractivity contribution is 5.93. The molecule has 0 N–H and O–H groups in total. The van der Waals surface area contributed by atoms with Crippen LogP contribution in [0.5, 0.6) is 0 Å². The minimum atomic E-state index is -0.378. The van der Waals surface area contributed by atoms with E-state index in [9.17, 15) is 4.79 Å². The summed E-state index contributed by atoms with van der Waals surface area (Å²) in [4.78, 5) is 11.3. The van der Waals surface area contributed by atoms with Gasteiger partial charge in [-0.25, -0.2) is 0 Å². The Labute approximate surface area is 96.2 Å². The first kappa shape index (κ1) is 12.4. The molecule has 0 heterocycles. The average molecular weight is 216 g/mol. The molecule has 0 aliphatic rings. The second kappa shape index (κ2) is 6.03. The lowest BCUT2D eigenvalue weighted by atomic mass is 10.0. The van der Waals surface area contributed by atoms with Gasteiger partial charge in [-0.05, 0) is 12.5 Å². The predicted octanol–water partition coefficient (Wildman–Crippen LogP) is 3.08. The van der Waals surface area contributed by atoms with Crippen LogP contribution in [0.1, 0.15) is 18.6 Å². The van der Waals surface area contributed by atoms with Crippen LogP contribution in [0.4, 0.5) is 0 Å². The number of Topliss-reactive ketones (excluding diaryl/α,β-unsaturated/α-hetero) is 1. The van der Waals surface area contributed by atoms with Gasteiger partial charge in [0.2, 0.25) is 0 Å². The molecule has 0 aromatic heterocycles. The normalized spacial score (nSPS) is 11.8. The molecule has 84 valence electrons. The van der Waals surface area contributed by atoms with Gasteiger partial charge < -0.3 is 4.74 Å². The number of hydrogen-bond donors (Lipinski definition) is 0. The topological polar surface area (TPSA) is 26.3 Å². The van der Waals surface area contributed by atoms with Gasteiger partial charge in [-0.1, -0.05) is 43.0 Å². The van der Waals surface area contributed by atoms with E-state index in [0.717, 1.165) is 5.56 Å². The number of ether oxygens (including phenoxy) is 1. The quantitative estimate of drug-likeness (QED) is 0.539. The number of ketones is 1. The van der Waals surface area contributed by atoms with Gasteiger partial charge in [0.25, 0.3) is 0 Å². The lowest BCUT2D eigenvalue weighted by Crippen LogP contribution is -2.12. The minimum Gasteiger partial charge on any atom is -0.365 e. The number of hydrogen-bond acceptors (Lipinski definition) is 2. The average Bonchev–Trinajstić information content (AvgIpc) is 2.30. The lowest BCUT2D eigenvalue weighted by Gasteiger charge is -2.18. The summed E-state index contributed by atoms with van der Waals surface area (Å²) in [6.45, 7) is 9.26. The van der Waals surface area contributed by atoms with Crippen LogP contribution in [0.3, 0.4) is 0 Å². The van der Waals surface area contributed by atoms with E-state index in [4.69, 9.17) is 4.74 Å². The number of carbonyl (C=O) groups excluding carboxylic acids is 1. The van der Waals surface area contributed by atoms with Crippen LogP contribution in [0.15, 0.2) is 55.1 Å². The fraction of sp³-hybridized carbons (Fsp3) is 0.214. The molecule has 1 rings (SSSR count). The Morgan fingerprint density at radius 2 is 2.06 bits per heavy atom. The molecule has 0 aliphatic carbocycles. The van der Waals surface area contributed by atoms with Crippen molar-refractivity contribution in [3.8, 4) is 0 Å². The molecule has 16 heavy (non-hydrogen) atoms. The van der Waals surface area contributed by atoms with E-state index in [2.05, 4.69) is 13.2 Å². The molecule has 2 heteroatoms. The summed E-state index contributed by atoms with van der Waals surface area (Å²) in [7, 11) is 0. The summed E-state index contributed by atoms with van der Waals surface area (Å²) in [5.74, 6) is -0.0575. The molecule has 2 nitrogen and oxygen atoms in total. The van der Waals surface area contributed by atoms with E-state index >= 15 is 0 Å². The lowest BCUT2D eigenvalue weighted by molar-refractivity contribution is -0.114. The highest BCUT2D eigenvalue weighted by Crippen LogP contribution is 2.24. The largest absolute Gasteiger partial charge is 0.365 e. The van der Waals surface area contributed by atoms with Gasteiger partial charge in [0.1, 0.15) is 6.10 Å². The molecule has 1 aromatic carbocycles. The highest BCUT2D eigenvalue weighted by Gasteiger charge is 2.18. The zero-order valence-corrected chi connectivity index (χ0v) is 9.48. The summed E-state index contributed by atoms with van der Waals surface area (Å²) in [5, 5.41) is 0. The molecular formula is C14H16O2. The fourth-order valence-corrected chi connectivity index (χ4v) is 1.37. The molecule has 0 saturated heterocycles. The first-order valence-corrected chi connectivity index (χ1v) is 5.14. The molecule has 1 aromatic rings. The maximum Gasteiger partial charge on any atom is 0.158 e. The van der Waals surface area contributed by atoms with Crippen molar-refractivity contribution in [2.75, 3.05) is 6.61 Å². The minimum absolute atomic E-state index is 0.0575. The van der Waals surface area contributed by atoms with Crippen LogP contribution in [-0.2, 0) is 9.53 Å². The van der Waals surface area contributed by atoms with Gasteiger partial charge in [-0.3, -0.25) is 4.79 Å². The molecule has 0 spiro atoms. The van der Waals surface area contributed by atoms with Gasteiger partial charge in [-0.15, -0.1) is 6.58 Å². The first-order chi connectivity index (χ1) is 7.66. The molecule has 1 atom stereocenters. The third-order valence-electron chi connectivity index (χ3n) is 2.25. The van der Waals surface area contributed by atoms with Crippen molar-refractivity contribution in [1.29, 1.82) is 0 Å². The third kappa shape index (κ3) is 3.17. The van der Waals surface area contributed by atoms with E-state index in [1.54, 1.807) is 6.08 Å². The van der Waals surface area contributed by atoms with Crippen LogP contribution < -0.4 is 0 Å². The fourth-order valence-electron chi connectivity index (χ4n) is 1.37. The van der Waals surface area contributed by atoms with Gasteiger partial charge in [0, 0.05) is 5.57 Å². The summed E-state index contributed by atoms with van der Waals surface area (Å²) in [6, 6.07) is 9.58. The molecule has 0 bridgehead atoms. The third-order valence-corrected chi connectivity index (χ3v) is 2.25. The van der Waals surface area contributed by atoms with Crippen molar-refractivity contribution < 1.29 is 9.53 Å². The van der Waals surface area contributed by atoms with Crippen LogP contribution in [0, 0.1) is 0 Å². The summed E-state index contributed by atoms with van der Waals surface area (Å²) >= 11 is 0. The Bertz CT molecular complexity index is 379. The molecule has 0 aliphatic heterocycles. The smallest absolute Gasteiger partial charge is 0.158 e. The van der Waals surface area contributed by atoms with Gasteiger partial charge in [-0.2, -0.15) is 0 Å². The van der Waals surface area contributed by atoms with Crippen LogP contribution in [0.25, 0.3) is 0 Å². The second-order valence-corrected chi connectivity index (χ2v) is 3.49. The molecule has 0 radical (unpaired) electrons. The zero-order valence-electron chi connectivity index (χ0n) is 9.48. The van der Waals surface area contributed by atoms with Crippen molar-refractivity contribution in [1.82, 2.24) is 0 Å². The molecule has 0 amide bonds. The summed E-state index contributed by atoms with van der Waals surface area (Å²) in [5.41, 5.74) is 1.40. The van der Waals surface area contributed by atoms with E-state index in [-0.39, 0.29) is 11.9 Å². The van der Waals surface area contributed by atoms with E-state index in [0.29, 0.717) is 12.2 Å². The summed E-state index contributed by atoms with van der Waals surface area (Å²) < 4.78 is 5.56. The summed E-state index contributed by atoms with van der Waals surface area (Å²) in [6.07, 6.45) is 1.28. The SMILES string of the molecule is C=CCOC(C(=C)C(C)=O)c1ccccc1. The van der Waals surface area contributed by atoms with Gasteiger partial charge in [0.15, 0.2) is 5.78 Å². The van der Waals surface area contributed by atoms with Crippen molar-refractivity contribution in [3.63, 3.8) is 0 Å². The maximum atomic E-state index is 11.3. The first-order valence-electron chi connectivity index (χ1n) is 5.14. The zero-order chi connectivity index (χ0) is 12.0. The van der Waals surface area contributed by atoms with Crippen molar-refractivity contribution in [3.05, 3.63) is 60.7 Å². The van der Waals surface area contributed by atoms with Crippen molar-refractivity contribution in [2.45, 2.75) is 13.0 Å². The van der Waals surface area contributed by atoms with Gasteiger partial charge >= 0.3 is 0 Å². The molecule has 0 fully saturated rings. The number of rotatable bonds is 6. The van der Waals surface area contributed by atoms with Crippen LogP contribution >= 0.6 is 0 Å². The Kier molecular flexibility index (Phi) is 4.67. The van der Waals surface area contributed by atoms with Crippen LogP contribution in [0.2, 0.25) is 0 Å².